The Balaban J connectivity index is 1.75. The summed E-state index contributed by atoms with van der Waals surface area (Å²) >= 11 is 0. The van der Waals surface area contributed by atoms with Crippen LogP contribution in [0.3, 0.4) is 0 Å². The van der Waals surface area contributed by atoms with Crippen molar-refractivity contribution in [3.05, 3.63) is 53.6 Å². The van der Waals surface area contributed by atoms with Crippen LogP contribution in [-0.2, 0) is 4.79 Å². The van der Waals surface area contributed by atoms with Gasteiger partial charge in [0.1, 0.15) is 5.75 Å². The van der Waals surface area contributed by atoms with E-state index in [-0.39, 0.29) is 18.1 Å². The molecule has 24 heavy (non-hydrogen) atoms. The van der Waals surface area contributed by atoms with Crippen molar-refractivity contribution >= 4 is 29.0 Å². The first-order valence-corrected chi connectivity index (χ1v) is 7.23. The Bertz CT molecular complexity index is 828. The standard InChI is InChI=1S/C17H15N3O4/c1-10(19-20-13-5-2-11(3-6-13)17(22)23)12-4-7-15-14(8-12)18-16(21)9-24-15/h2-8,20H,9H2,1H3,(H,18,21)(H,22,23). The van der Waals surface area contributed by atoms with Crippen LogP contribution in [0.4, 0.5) is 11.4 Å². The first kappa shape index (κ1) is 15.5. The predicted octanol–water partition coefficient (Wildman–Crippen LogP) is 2.55. The topological polar surface area (TPSA) is 100 Å². The smallest absolute Gasteiger partial charge is 0.335 e. The highest BCUT2D eigenvalue weighted by atomic mass is 16.5. The highest BCUT2D eigenvalue weighted by molar-refractivity contribution is 6.02. The van der Waals surface area contributed by atoms with Crippen molar-refractivity contribution < 1.29 is 19.4 Å². The number of carboxylic acid groups (broad SMARTS) is 1. The van der Waals surface area contributed by atoms with Crippen LogP contribution in [0.15, 0.2) is 47.6 Å². The van der Waals surface area contributed by atoms with Gasteiger partial charge in [0.15, 0.2) is 6.61 Å². The van der Waals surface area contributed by atoms with Gasteiger partial charge in [0, 0.05) is 0 Å². The van der Waals surface area contributed by atoms with E-state index in [0.717, 1.165) is 5.56 Å². The van der Waals surface area contributed by atoms with Crippen LogP contribution < -0.4 is 15.5 Å². The normalized spacial score (nSPS) is 13.5. The molecule has 3 N–H and O–H groups in total. The minimum absolute atomic E-state index is 0.0211. The van der Waals surface area contributed by atoms with E-state index < -0.39 is 5.97 Å². The quantitative estimate of drug-likeness (QED) is 0.592. The van der Waals surface area contributed by atoms with E-state index >= 15 is 0 Å². The fourth-order valence-corrected chi connectivity index (χ4v) is 2.21. The number of aromatic carboxylic acids is 1. The van der Waals surface area contributed by atoms with Crippen molar-refractivity contribution in [3.63, 3.8) is 0 Å². The number of rotatable bonds is 4. The lowest BCUT2D eigenvalue weighted by molar-refractivity contribution is -0.118. The lowest BCUT2D eigenvalue weighted by Crippen LogP contribution is -2.25. The number of nitrogens with zero attached hydrogens (tertiary/aromatic N) is 1. The Labute approximate surface area is 138 Å². The molecule has 0 unspecified atom stereocenters. The first-order chi connectivity index (χ1) is 11.5. The third kappa shape index (κ3) is 3.35. The van der Waals surface area contributed by atoms with Gasteiger partial charge in [-0.25, -0.2) is 4.79 Å². The van der Waals surface area contributed by atoms with Crippen molar-refractivity contribution in [2.45, 2.75) is 6.92 Å². The van der Waals surface area contributed by atoms with Gasteiger partial charge in [0.05, 0.1) is 22.6 Å². The number of carbonyl (C=O) groups is 2. The fraction of sp³-hybridized carbons (Fsp3) is 0.118. The van der Waals surface area contributed by atoms with Crippen LogP contribution in [-0.4, -0.2) is 29.3 Å². The van der Waals surface area contributed by atoms with Crippen LogP contribution in [0.5, 0.6) is 5.75 Å². The van der Waals surface area contributed by atoms with Crippen LogP contribution in [0.2, 0.25) is 0 Å². The molecule has 0 saturated heterocycles. The van der Waals surface area contributed by atoms with E-state index in [0.29, 0.717) is 22.8 Å². The van der Waals surface area contributed by atoms with Crippen LogP contribution in [0.25, 0.3) is 0 Å². The number of fused-ring (bicyclic) bond motifs is 1. The van der Waals surface area contributed by atoms with Gasteiger partial charge in [-0.3, -0.25) is 10.2 Å². The minimum Gasteiger partial charge on any atom is -0.482 e. The summed E-state index contributed by atoms with van der Waals surface area (Å²) in [7, 11) is 0. The molecular weight excluding hydrogens is 310 g/mol. The molecule has 0 atom stereocenters. The predicted molar refractivity (Wildman–Crippen MR) is 89.8 cm³/mol. The zero-order valence-corrected chi connectivity index (χ0v) is 12.9. The van der Waals surface area contributed by atoms with E-state index in [1.54, 1.807) is 24.3 Å². The molecule has 0 bridgehead atoms. The maximum atomic E-state index is 11.4. The number of carbonyl (C=O) groups excluding carboxylic acids is 1. The molecule has 1 amide bonds. The number of nitrogens with one attached hydrogen (secondary N) is 2. The molecule has 0 radical (unpaired) electrons. The molecule has 2 aromatic rings. The third-order valence-corrected chi connectivity index (χ3v) is 3.51. The molecule has 0 saturated carbocycles. The molecule has 0 aliphatic carbocycles. The molecule has 0 spiro atoms. The van der Waals surface area contributed by atoms with Crippen molar-refractivity contribution in [3.8, 4) is 5.75 Å². The zero-order valence-electron chi connectivity index (χ0n) is 12.9. The minimum atomic E-state index is -0.973. The van der Waals surface area contributed by atoms with E-state index in [2.05, 4.69) is 15.8 Å². The number of hydrazone groups is 1. The highest BCUT2D eigenvalue weighted by Gasteiger charge is 2.16. The van der Waals surface area contributed by atoms with Crippen LogP contribution in [0, 0.1) is 0 Å². The number of ether oxygens (including phenoxy) is 1. The molecular formula is C17H15N3O4. The first-order valence-electron chi connectivity index (χ1n) is 7.23. The molecule has 1 heterocycles. The van der Waals surface area contributed by atoms with Gasteiger partial charge in [-0.15, -0.1) is 0 Å². The van der Waals surface area contributed by atoms with Gasteiger partial charge in [-0.05, 0) is 55.0 Å². The number of benzene rings is 2. The Morgan fingerprint density at radius 2 is 1.92 bits per heavy atom. The Morgan fingerprint density at radius 1 is 1.21 bits per heavy atom. The summed E-state index contributed by atoms with van der Waals surface area (Å²) in [4.78, 5) is 22.2. The molecule has 1 aliphatic rings. The summed E-state index contributed by atoms with van der Waals surface area (Å²) in [6, 6.07) is 11.7. The summed E-state index contributed by atoms with van der Waals surface area (Å²) in [5, 5.41) is 15.9. The number of hydrogen-bond donors (Lipinski definition) is 3. The van der Waals surface area contributed by atoms with Crippen molar-refractivity contribution in [2.75, 3.05) is 17.3 Å². The van der Waals surface area contributed by atoms with E-state index in [1.807, 2.05) is 13.0 Å². The fourth-order valence-electron chi connectivity index (χ4n) is 2.21. The second-order valence-corrected chi connectivity index (χ2v) is 5.24. The van der Waals surface area contributed by atoms with Gasteiger partial charge in [-0.1, -0.05) is 0 Å². The zero-order chi connectivity index (χ0) is 17.1. The molecule has 7 nitrogen and oxygen atoms in total. The molecule has 122 valence electrons. The summed E-state index contributed by atoms with van der Waals surface area (Å²) in [6.45, 7) is 1.85. The lowest BCUT2D eigenvalue weighted by Gasteiger charge is -2.18. The van der Waals surface area contributed by atoms with Gasteiger partial charge in [-0.2, -0.15) is 5.10 Å². The van der Waals surface area contributed by atoms with Crippen molar-refractivity contribution in [1.82, 2.24) is 0 Å². The summed E-state index contributed by atoms with van der Waals surface area (Å²) in [5.74, 6) is -0.534. The largest absolute Gasteiger partial charge is 0.482 e. The Hall–Kier alpha value is -3.35. The van der Waals surface area contributed by atoms with Crippen molar-refractivity contribution in [2.24, 2.45) is 5.10 Å². The lowest BCUT2D eigenvalue weighted by atomic mass is 10.1. The molecule has 0 fully saturated rings. The second-order valence-electron chi connectivity index (χ2n) is 5.24. The maximum absolute atomic E-state index is 11.4. The van der Waals surface area contributed by atoms with E-state index in [1.165, 1.54) is 12.1 Å². The van der Waals surface area contributed by atoms with Crippen LogP contribution >= 0.6 is 0 Å². The van der Waals surface area contributed by atoms with E-state index in [4.69, 9.17) is 9.84 Å². The molecule has 7 heteroatoms. The maximum Gasteiger partial charge on any atom is 0.335 e. The number of carboxylic acids is 1. The van der Waals surface area contributed by atoms with E-state index in [9.17, 15) is 9.59 Å². The van der Waals surface area contributed by atoms with Gasteiger partial charge in [0.2, 0.25) is 0 Å². The summed E-state index contributed by atoms with van der Waals surface area (Å²) in [5.41, 5.74) is 5.91. The van der Waals surface area contributed by atoms with Gasteiger partial charge < -0.3 is 15.2 Å². The molecule has 3 rings (SSSR count). The third-order valence-electron chi connectivity index (χ3n) is 3.51. The monoisotopic (exact) mass is 325 g/mol. The Kier molecular flexibility index (Phi) is 4.15. The van der Waals surface area contributed by atoms with Gasteiger partial charge in [0.25, 0.3) is 5.91 Å². The number of anilines is 2. The average Bonchev–Trinajstić information content (AvgIpc) is 2.59. The van der Waals surface area contributed by atoms with Gasteiger partial charge >= 0.3 is 5.97 Å². The highest BCUT2D eigenvalue weighted by Crippen LogP contribution is 2.28. The average molecular weight is 325 g/mol. The second kappa shape index (κ2) is 6.41. The number of amides is 1. The molecule has 2 aromatic carbocycles. The molecule has 0 aromatic heterocycles. The SMILES string of the molecule is CC(=NNc1ccc(C(=O)O)cc1)c1ccc2c(c1)NC(=O)CO2. The molecule has 1 aliphatic heterocycles. The summed E-state index contributed by atoms with van der Waals surface area (Å²) in [6.07, 6.45) is 0. The summed E-state index contributed by atoms with van der Waals surface area (Å²) < 4.78 is 5.31. The van der Waals surface area contributed by atoms with Crippen LogP contribution in [0.1, 0.15) is 22.8 Å². The van der Waals surface area contributed by atoms with Crippen molar-refractivity contribution in [1.29, 1.82) is 0 Å². The number of hydrogen-bond acceptors (Lipinski definition) is 5. The Morgan fingerprint density at radius 3 is 2.62 bits per heavy atom.